The highest BCUT2D eigenvalue weighted by molar-refractivity contribution is 6.39. The van der Waals surface area contributed by atoms with E-state index in [1.165, 1.54) is 12.1 Å². The molecule has 1 aliphatic heterocycles. The maximum absolute atomic E-state index is 12.9. The Morgan fingerprint density at radius 2 is 1.64 bits per heavy atom. The van der Waals surface area contributed by atoms with Crippen LogP contribution in [0.1, 0.15) is 69.9 Å². The molecule has 17 heteroatoms. The third kappa shape index (κ3) is 12.7. The largest absolute Gasteiger partial charge is 0.493 e. The number of halogens is 2. The van der Waals surface area contributed by atoms with Crippen molar-refractivity contribution in [3.05, 3.63) is 57.6 Å². The Labute approximate surface area is 300 Å². The molecule has 2 unspecified atom stereocenters. The number of ether oxygens (including phenoxy) is 4. The number of nitrogens with one attached hydrogen (secondary N) is 5. The zero-order chi connectivity index (χ0) is 37.2. The molecule has 4 amide bonds. The summed E-state index contributed by atoms with van der Waals surface area (Å²) in [5.74, 6) is -1.66. The lowest BCUT2D eigenvalue weighted by Gasteiger charge is -2.27. The standard InChI is InChI=1S/C33H42Cl2N6O9/c1-32(2,3)49-30(45)40-29(41-31(46)50-33(4,5)6)38-18-11-12-24-19(15-18)22(13-14-48-24)36-17-25(42)37-16-23(28(44)47-7)39-27(43)26-20(34)9-8-10-21(26)35/h8-12,15,22-23,36H,13-14,16-17H2,1-7H3,(H,37,42)(H,39,43)(H2,38,40,41,45,46). The summed E-state index contributed by atoms with van der Waals surface area (Å²) < 4.78 is 21.2. The van der Waals surface area contributed by atoms with E-state index < -0.39 is 47.2 Å². The molecule has 0 fully saturated rings. The third-order valence-corrected chi connectivity index (χ3v) is 7.15. The predicted molar refractivity (Wildman–Crippen MR) is 187 cm³/mol. The molecule has 5 N–H and O–H groups in total. The fourth-order valence-electron chi connectivity index (χ4n) is 4.46. The average Bonchev–Trinajstić information content (AvgIpc) is 2.99. The number of anilines is 1. The van der Waals surface area contributed by atoms with Crippen LogP contribution in [0.25, 0.3) is 0 Å². The molecule has 0 aromatic heterocycles. The molecule has 2 aromatic carbocycles. The predicted octanol–water partition coefficient (Wildman–Crippen LogP) is 4.72. The van der Waals surface area contributed by atoms with Crippen molar-refractivity contribution in [1.82, 2.24) is 21.3 Å². The normalized spacial score (nSPS) is 15.0. The molecule has 0 radical (unpaired) electrons. The van der Waals surface area contributed by atoms with Crippen LogP contribution in [-0.4, -0.2) is 80.0 Å². The first kappa shape index (κ1) is 39.8. The van der Waals surface area contributed by atoms with Crippen LogP contribution < -0.4 is 31.3 Å². The molecule has 0 bridgehead atoms. The van der Waals surface area contributed by atoms with Crippen LogP contribution >= 0.6 is 23.2 Å². The van der Waals surface area contributed by atoms with Crippen LogP contribution in [0.4, 0.5) is 15.3 Å². The molecule has 50 heavy (non-hydrogen) atoms. The summed E-state index contributed by atoms with van der Waals surface area (Å²) in [6, 6.07) is 8.02. The van der Waals surface area contributed by atoms with Gasteiger partial charge in [-0.3, -0.25) is 14.9 Å². The van der Waals surface area contributed by atoms with E-state index in [1.54, 1.807) is 65.8 Å². The molecule has 3 rings (SSSR count). The first-order valence-electron chi connectivity index (χ1n) is 15.5. The number of nitrogens with zero attached hydrogens (tertiary/aromatic N) is 1. The van der Waals surface area contributed by atoms with Crippen molar-refractivity contribution in [3.8, 4) is 5.75 Å². The summed E-state index contributed by atoms with van der Waals surface area (Å²) in [7, 11) is 1.15. The first-order valence-corrected chi connectivity index (χ1v) is 16.3. The summed E-state index contributed by atoms with van der Waals surface area (Å²) in [4.78, 5) is 67.0. The number of alkyl carbamates (subject to hydrolysis) is 1. The molecule has 15 nitrogen and oxygen atoms in total. The van der Waals surface area contributed by atoms with Gasteiger partial charge in [0.15, 0.2) is 0 Å². The topological polar surface area (TPSA) is 195 Å². The highest BCUT2D eigenvalue weighted by Crippen LogP contribution is 2.34. The van der Waals surface area contributed by atoms with Gasteiger partial charge < -0.3 is 40.2 Å². The van der Waals surface area contributed by atoms with Crippen LogP contribution in [0.2, 0.25) is 10.0 Å². The molecule has 2 aromatic rings. The number of esters is 1. The second-order valence-corrected chi connectivity index (χ2v) is 13.8. The van der Waals surface area contributed by atoms with Crippen LogP contribution in [0.3, 0.4) is 0 Å². The quantitative estimate of drug-likeness (QED) is 0.103. The number of hydrogen-bond donors (Lipinski definition) is 5. The Morgan fingerprint density at radius 1 is 0.980 bits per heavy atom. The Kier molecular flexibility index (Phi) is 13.8. The number of carbonyl (C=O) groups is 5. The van der Waals surface area contributed by atoms with Gasteiger partial charge in [0, 0.05) is 30.3 Å². The number of benzene rings is 2. The van der Waals surface area contributed by atoms with Gasteiger partial charge in [0.05, 0.1) is 35.9 Å². The minimum atomic E-state index is -1.23. The molecular weight excluding hydrogens is 695 g/mol. The van der Waals surface area contributed by atoms with Gasteiger partial charge in [-0.15, -0.1) is 4.99 Å². The number of aliphatic imine (C=N–C) groups is 1. The SMILES string of the molecule is COC(=O)C(CNC(=O)CNC1CCOc2ccc(N/C(=N/C(=O)OC(C)(C)C)NC(=O)OC(C)(C)C)cc21)NC(=O)c1c(Cl)cccc1Cl. The van der Waals surface area contributed by atoms with E-state index in [1.807, 2.05) is 0 Å². The van der Waals surface area contributed by atoms with E-state index in [4.69, 9.17) is 42.1 Å². The van der Waals surface area contributed by atoms with Crippen LogP contribution in [-0.2, 0) is 23.8 Å². The summed E-state index contributed by atoms with van der Waals surface area (Å²) in [5.41, 5.74) is -0.550. The fraction of sp³-hybridized carbons (Fsp3) is 0.455. The minimum absolute atomic E-state index is 0.0198. The third-order valence-electron chi connectivity index (χ3n) is 6.52. The molecule has 0 saturated carbocycles. The highest BCUT2D eigenvalue weighted by atomic mass is 35.5. The monoisotopic (exact) mass is 736 g/mol. The Bertz CT molecular complexity index is 1600. The number of amides is 4. The van der Waals surface area contributed by atoms with Crippen molar-refractivity contribution in [1.29, 1.82) is 0 Å². The molecule has 1 aliphatic rings. The van der Waals surface area contributed by atoms with Crippen molar-refractivity contribution in [2.75, 3.05) is 32.1 Å². The molecule has 272 valence electrons. The van der Waals surface area contributed by atoms with Crippen molar-refractivity contribution in [3.63, 3.8) is 0 Å². The fourth-order valence-corrected chi connectivity index (χ4v) is 5.03. The van der Waals surface area contributed by atoms with Gasteiger partial charge >= 0.3 is 18.2 Å². The maximum Gasteiger partial charge on any atom is 0.437 e. The number of rotatable bonds is 9. The highest BCUT2D eigenvalue weighted by Gasteiger charge is 2.27. The van der Waals surface area contributed by atoms with Gasteiger partial charge in [-0.05, 0) is 71.9 Å². The Balaban J connectivity index is 1.69. The van der Waals surface area contributed by atoms with Gasteiger partial charge in [0.25, 0.3) is 5.91 Å². The molecule has 0 saturated heterocycles. The van der Waals surface area contributed by atoms with Crippen molar-refractivity contribution < 1.29 is 42.9 Å². The number of carbonyl (C=O) groups excluding carboxylic acids is 5. The molecular formula is C33H42Cl2N6O9. The molecule has 2 atom stereocenters. The summed E-state index contributed by atoms with van der Waals surface area (Å²) in [6.07, 6.45) is -1.29. The number of guanidine groups is 1. The summed E-state index contributed by atoms with van der Waals surface area (Å²) in [6.45, 7) is 10.0. The van der Waals surface area contributed by atoms with Crippen LogP contribution in [0, 0.1) is 0 Å². The van der Waals surface area contributed by atoms with Gasteiger partial charge in [-0.1, -0.05) is 29.3 Å². The molecule has 1 heterocycles. The van der Waals surface area contributed by atoms with Gasteiger partial charge in [-0.2, -0.15) is 0 Å². The zero-order valence-electron chi connectivity index (χ0n) is 28.8. The van der Waals surface area contributed by atoms with Crippen LogP contribution in [0.15, 0.2) is 41.4 Å². The first-order chi connectivity index (χ1) is 23.3. The van der Waals surface area contributed by atoms with Crippen molar-refractivity contribution >= 4 is 64.8 Å². The molecule has 0 spiro atoms. The van der Waals surface area contributed by atoms with Crippen LogP contribution in [0.5, 0.6) is 5.75 Å². The van der Waals surface area contributed by atoms with Gasteiger partial charge in [-0.25, -0.2) is 14.4 Å². The van der Waals surface area contributed by atoms with Crippen molar-refractivity contribution in [2.45, 2.75) is 71.2 Å². The minimum Gasteiger partial charge on any atom is -0.493 e. The second kappa shape index (κ2) is 17.4. The van der Waals surface area contributed by atoms with E-state index >= 15 is 0 Å². The van der Waals surface area contributed by atoms with Gasteiger partial charge in [0.1, 0.15) is 23.0 Å². The lowest BCUT2D eigenvalue weighted by atomic mass is 9.99. The smallest absolute Gasteiger partial charge is 0.437 e. The molecule has 0 aliphatic carbocycles. The maximum atomic E-state index is 12.9. The number of fused-ring (bicyclic) bond motifs is 1. The van der Waals surface area contributed by atoms with E-state index in [0.29, 0.717) is 30.0 Å². The lowest BCUT2D eigenvalue weighted by molar-refractivity contribution is -0.142. The second-order valence-electron chi connectivity index (χ2n) is 13.0. The number of methoxy groups -OCH3 is 1. The van der Waals surface area contributed by atoms with E-state index in [-0.39, 0.29) is 40.7 Å². The van der Waals surface area contributed by atoms with E-state index in [2.05, 4.69) is 31.6 Å². The van der Waals surface area contributed by atoms with E-state index in [0.717, 1.165) is 7.11 Å². The van der Waals surface area contributed by atoms with Gasteiger partial charge in [0.2, 0.25) is 11.9 Å². The van der Waals surface area contributed by atoms with Crippen molar-refractivity contribution in [2.24, 2.45) is 4.99 Å². The number of hydrogen-bond acceptors (Lipinski definition) is 10. The Hall–Kier alpha value is -4.60. The van der Waals surface area contributed by atoms with E-state index in [9.17, 15) is 24.0 Å². The lowest BCUT2D eigenvalue weighted by Crippen LogP contribution is -2.50. The average molecular weight is 738 g/mol. The Morgan fingerprint density at radius 3 is 2.26 bits per heavy atom. The summed E-state index contributed by atoms with van der Waals surface area (Å²) >= 11 is 12.2. The zero-order valence-corrected chi connectivity index (χ0v) is 30.3. The summed E-state index contributed by atoms with van der Waals surface area (Å²) in [5, 5.41) is 13.8.